The number of anilines is 2. The first-order valence-corrected chi connectivity index (χ1v) is 24.2. The molecule has 0 radical (unpaired) electrons. The summed E-state index contributed by atoms with van der Waals surface area (Å²) in [6.45, 7) is 3.38. The monoisotopic (exact) mass is 965 g/mol. The number of carbonyl (C=O) groups excluding carboxylic acids is 4. The Balaban J connectivity index is 0.000000277. The van der Waals surface area contributed by atoms with Gasteiger partial charge in [-0.25, -0.2) is 0 Å². The summed E-state index contributed by atoms with van der Waals surface area (Å²) < 4.78 is 0. The zero-order valence-corrected chi connectivity index (χ0v) is 41.5. The second kappa shape index (κ2) is 31.8. The largest absolute Gasteiger partial charge is 0.343 e. The Morgan fingerprint density at radius 1 is 0.620 bits per heavy atom. The minimum atomic E-state index is -0.728. The van der Waals surface area contributed by atoms with Gasteiger partial charge in [-0.15, -0.1) is 0 Å². The van der Waals surface area contributed by atoms with Gasteiger partial charge in [-0.05, 0) is 133 Å². The maximum absolute atomic E-state index is 13.2. The average molecular weight is 965 g/mol. The molecule has 0 fully saturated rings. The minimum Gasteiger partial charge on any atom is -0.343 e. The fourth-order valence-electron chi connectivity index (χ4n) is 7.21. The summed E-state index contributed by atoms with van der Waals surface area (Å²) in [5, 5.41) is 12.4. The molecular formula is C55H72N12O4. The highest BCUT2D eigenvalue weighted by molar-refractivity contribution is 6.00. The number of aryl methyl sites for hydroxylation is 2. The summed E-state index contributed by atoms with van der Waals surface area (Å²) >= 11 is 0. The van der Waals surface area contributed by atoms with Gasteiger partial charge in [0.25, 0.3) is 0 Å². The minimum absolute atomic E-state index is 0.277. The molecule has 0 saturated carbocycles. The maximum atomic E-state index is 13.2. The number of hydrogen-bond acceptors (Lipinski definition) is 12. The number of nitrogens with two attached hydrogens (primary N) is 3. The van der Waals surface area contributed by atoms with Gasteiger partial charge in [0.1, 0.15) is 12.1 Å². The van der Waals surface area contributed by atoms with Crippen molar-refractivity contribution in [2.75, 3.05) is 44.9 Å². The van der Waals surface area contributed by atoms with Gasteiger partial charge in [0.05, 0.1) is 40.5 Å². The van der Waals surface area contributed by atoms with Gasteiger partial charge in [-0.1, -0.05) is 91.4 Å². The van der Waals surface area contributed by atoms with Gasteiger partial charge in [0, 0.05) is 36.7 Å². The van der Waals surface area contributed by atoms with Crippen LogP contribution in [0.1, 0.15) is 63.0 Å². The molecule has 0 aliphatic rings. The number of aliphatic imine (C=N–C) groups is 1. The van der Waals surface area contributed by atoms with Crippen molar-refractivity contribution in [3.8, 4) is 0 Å². The standard InChI is InChI=1S/C27H35N5O2.C23H28N6O2.C5H9N/c1-32(2)17-9-8-13-23(28)26(33)31-25(16-15-20-10-4-3-5-11-20)27(34)30-22-18-21-12-6-7-14-24(21)29-19-22;24-12-4-7-18(25)22(30)29-20(10-8-16-5-2-1-3-6-16)23(31)28-17-9-11-19-21(15-17)27-14-13-26-19;1-3-4-5-6-2/h3-7,10-12,14,18-19,23,25H,8-9,13,15-17,28H2,1-2H3,(H,30,34)(H,31,33);1-3,5-6,9,11,13-15,18,20H,4,7-8,10,12,24-25H2,(H,28,31)(H,29,30);3-5H,1-2H3/b;;4-3-,6-5?/t23-,25+;18?,20-;/m01./s1. The number of fused-ring (bicyclic) bond motifs is 2. The number of amides is 4. The normalized spacial score (nSPS) is 12.8. The molecule has 2 aromatic heterocycles. The van der Waals surface area contributed by atoms with Crippen molar-refractivity contribution < 1.29 is 19.2 Å². The lowest BCUT2D eigenvalue weighted by atomic mass is 10.0. The zero-order valence-electron chi connectivity index (χ0n) is 41.5. The number of unbranched alkanes of at least 4 members (excludes halogenated alkanes) is 1. The molecule has 2 heterocycles. The van der Waals surface area contributed by atoms with E-state index in [2.05, 4.69) is 46.1 Å². The van der Waals surface area contributed by atoms with Crippen LogP contribution in [0.4, 0.5) is 11.4 Å². The summed E-state index contributed by atoms with van der Waals surface area (Å²) in [6.07, 6.45) is 16.2. The Labute approximate surface area is 418 Å². The fourth-order valence-corrected chi connectivity index (χ4v) is 7.21. The number of rotatable bonds is 23. The predicted octanol–water partition coefficient (Wildman–Crippen LogP) is 6.37. The number of hydrogen-bond donors (Lipinski definition) is 7. The molecule has 0 aliphatic heterocycles. The van der Waals surface area contributed by atoms with E-state index in [1.807, 2.05) is 124 Å². The van der Waals surface area contributed by atoms with Gasteiger partial charge in [0.15, 0.2) is 0 Å². The van der Waals surface area contributed by atoms with E-state index >= 15 is 0 Å². The van der Waals surface area contributed by atoms with Crippen LogP contribution in [-0.2, 0) is 32.0 Å². The molecule has 6 rings (SSSR count). The summed E-state index contributed by atoms with van der Waals surface area (Å²) in [5.41, 5.74) is 23.2. The first-order chi connectivity index (χ1) is 34.4. The highest BCUT2D eigenvalue weighted by atomic mass is 16.2. The average Bonchev–Trinajstić information content (AvgIpc) is 3.39. The van der Waals surface area contributed by atoms with Crippen molar-refractivity contribution in [1.29, 1.82) is 0 Å². The van der Waals surface area contributed by atoms with Crippen molar-refractivity contribution in [2.45, 2.75) is 88.9 Å². The highest BCUT2D eigenvalue weighted by Crippen LogP contribution is 2.18. The fraction of sp³-hybridized carbons (Fsp3) is 0.345. The molecule has 0 bridgehead atoms. The number of para-hydroxylation sites is 1. The lowest BCUT2D eigenvalue weighted by Gasteiger charge is -2.21. The summed E-state index contributed by atoms with van der Waals surface area (Å²) in [5.74, 6) is -1.24. The number of nitrogens with zero attached hydrogens (tertiary/aromatic N) is 5. The molecule has 1 unspecified atom stereocenters. The Kier molecular flexibility index (Phi) is 25.2. The molecule has 16 nitrogen and oxygen atoms in total. The molecule has 4 amide bonds. The van der Waals surface area contributed by atoms with E-state index in [1.54, 1.807) is 50.1 Å². The first kappa shape index (κ1) is 56.3. The van der Waals surface area contributed by atoms with Crippen LogP contribution in [0.15, 0.2) is 145 Å². The highest BCUT2D eigenvalue weighted by Gasteiger charge is 2.25. The van der Waals surface area contributed by atoms with E-state index < -0.39 is 24.2 Å². The Morgan fingerprint density at radius 2 is 1.17 bits per heavy atom. The smallest absolute Gasteiger partial charge is 0.247 e. The van der Waals surface area contributed by atoms with Crippen molar-refractivity contribution >= 4 is 63.2 Å². The summed E-state index contributed by atoms with van der Waals surface area (Å²) in [6, 6.07) is 31.9. The van der Waals surface area contributed by atoms with Crippen molar-refractivity contribution in [2.24, 2.45) is 22.2 Å². The first-order valence-electron chi connectivity index (χ1n) is 24.2. The number of allylic oxidation sites excluding steroid dienone is 2. The van der Waals surface area contributed by atoms with Crippen LogP contribution < -0.4 is 38.5 Å². The van der Waals surface area contributed by atoms with Gasteiger partial charge in [-0.3, -0.25) is 39.1 Å². The molecule has 0 spiro atoms. The second-order valence-electron chi connectivity index (χ2n) is 17.2. The molecule has 0 saturated heterocycles. The van der Waals surface area contributed by atoms with Gasteiger partial charge in [0.2, 0.25) is 23.6 Å². The van der Waals surface area contributed by atoms with Crippen LogP contribution in [0.5, 0.6) is 0 Å². The summed E-state index contributed by atoms with van der Waals surface area (Å²) in [4.78, 5) is 70.2. The number of benzene rings is 4. The van der Waals surface area contributed by atoms with Crippen LogP contribution in [-0.4, -0.2) is 108 Å². The van der Waals surface area contributed by atoms with Crippen LogP contribution in [0.2, 0.25) is 0 Å². The number of aromatic nitrogens is 3. The van der Waals surface area contributed by atoms with E-state index in [4.69, 9.17) is 17.2 Å². The molecule has 4 atom stereocenters. The molecule has 6 aromatic rings. The van der Waals surface area contributed by atoms with Gasteiger partial charge in [-0.2, -0.15) is 0 Å². The number of pyridine rings is 1. The van der Waals surface area contributed by atoms with Crippen LogP contribution in [0.3, 0.4) is 0 Å². The van der Waals surface area contributed by atoms with E-state index in [1.165, 1.54) is 0 Å². The third-order valence-electron chi connectivity index (χ3n) is 11.2. The molecule has 376 valence electrons. The predicted molar refractivity (Wildman–Crippen MR) is 288 cm³/mol. The quantitative estimate of drug-likeness (QED) is 0.0275. The van der Waals surface area contributed by atoms with E-state index in [0.717, 1.165) is 46.9 Å². The molecule has 4 aromatic carbocycles. The molecule has 10 N–H and O–H groups in total. The SMILES string of the molecule is C/C=C\C=NC.CN(C)CCCC[C@H](N)C(=O)N[C@H](CCc1ccccc1)C(=O)Nc1cnc2ccccc2c1.NCCCC(N)C(=O)N[C@H](CCc1ccccc1)C(=O)Nc1ccc2nccnc2c1. The van der Waals surface area contributed by atoms with Gasteiger partial charge >= 0.3 is 0 Å². The van der Waals surface area contributed by atoms with Crippen LogP contribution in [0.25, 0.3) is 21.9 Å². The molecule has 0 aliphatic carbocycles. The van der Waals surface area contributed by atoms with Crippen LogP contribution in [0, 0.1) is 0 Å². The van der Waals surface area contributed by atoms with Gasteiger partial charge < -0.3 is 43.4 Å². The Morgan fingerprint density at radius 3 is 1.72 bits per heavy atom. The zero-order chi connectivity index (χ0) is 51.2. The second-order valence-corrected chi connectivity index (χ2v) is 17.2. The van der Waals surface area contributed by atoms with E-state index in [0.29, 0.717) is 68.4 Å². The van der Waals surface area contributed by atoms with Crippen LogP contribution >= 0.6 is 0 Å². The number of carbonyl (C=O) groups is 4. The molecular weight excluding hydrogens is 893 g/mol. The molecule has 16 heteroatoms. The lowest BCUT2D eigenvalue weighted by molar-refractivity contribution is -0.127. The topological polar surface area (TPSA) is 249 Å². The third kappa shape index (κ3) is 21.1. The van der Waals surface area contributed by atoms with Crippen molar-refractivity contribution in [1.82, 2.24) is 30.5 Å². The Hall–Kier alpha value is -7.24. The maximum Gasteiger partial charge on any atom is 0.247 e. The lowest BCUT2D eigenvalue weighted by Crippen LogP contribution is -2.50. The van der Waals surface area contributed by atoms with E-state index in [-0.39, 0.29) is 23.6 Å². The Bertz CT molecular complexity index is 2580. The third-order valence-corrected chi connectivity index (χ3v) is 11.2. The summed E-state index contributed by atoms with van der Waals surface area (Å²) in [7, 11) is 5.79. The van der Waals surface area contributed by atoms with Crippen molar-refractivity contribution in [3.05, 3.63) is 151 Å². The van der Waals surface area contributed by atoms with Crippen molar-refractivity contribution in [3.63, 3.8) is 0 Å². The van der Waals surface area contributed by atoms with E-state index in [9.17, 15) is 19.2 Å². The number of nitrogens with one attached hydrogen (secondary N) is 4. The molecule has 71 heavy (non-hydrogen) atoms.